The number of hydrogen-bond acceptors (Lipinski definition) is 9. The second-order valence-electron chi connectivity index (χ2n) is 8.34. The van der Waals surface area contributed by atoms with Crippen LogP contribution in [-0.2, 0) is 0 Å². The van der Waals surface area contributed by atoms with Crippen LogP contribution in [0.4, 0.5) is 0 Å². The highest BCUT2D eigenvalue weighted by Crippen LogP contribution is 2.37. The van der Waals surface area contributed by atoms with Gasteiger partial charge in [-0.05, 0) is 62.6 Å². The van der Waals surface area contributed by atoms with E-state index in [1.165, 1.54) is 0 Å². The third kappa shape index (κ3) is 4.37. The zero-order chi connectivity index (χ0) is 25.1. The number of aryl methyl sites for hydroxylation is 1. The van der Waals surface area contributed by atoms with E-state index in [1.807, 2.05) is 26.0 Å². The SMILES string of the molecule is CCOc1ncccc1-c1noc(C2CCCN2C(=O)c2cc(OC)c(C)cc2-c2ncccn2)n1. The minimum absolute atomic E-state index is 0.172. The number of nitrogens with zero attached hydrogens (tertiary/aromatic N) is 6. The van der Waals surface area contributed by atoms with Crippen molar-refractivity contribution in [1.82, 2.24) is 30.0 Å². The first-order chi connectivity index (χ1) is 17.6. The molecule has 0 aliphatic carbocycles. The highest BCUT2D eigenvalue weighted by Gasteiger charge is 2.36. The molecule has 1 fully saturated rings. The largest absolute Gasteiger partial charge is 0.496 e. The molecule has 10 nitrogen and oxygen atoms in total. The molecule has 0 bridgehead atoms. The van der Waals surface area contributed by atoms with Crippen molar-refractivity contribution >= 4 is 5.91 Å². The average molecular weight is 487 g/mol. The number of carbonyl (C=O) groups excluding carboxylic acids is 1. The summed E-state index contributed by atoms with van der Waals surface area (Å²) in [6.07, 6.45) is 6.48. The van der Waals surface area contributed by atoms with E-state index in [-0.39, 0.29) is 11.9 Å². The number of rotatable bonds is 7. The molecule has 5 rings (SSSR count). The first-order valence-electron chi connectivity index (χ1n) is 11.8. The van der Waals surface area contributed by atoms with Crippen molar-refractivity contribution in [2.75, 3.05) is 20.3 Å². The molecule has 0 saturated carbocycles. The van der Waals surface area contributed by atoms with Gasteiger partial charge in [-0.25, -0.2) is 15.0 Å². The van der Waals surface area contributed by atoms with Crippen LogP contribution in [0.2, 0.25) is 0 Å². The zero-order valence-electron chi connectivity index (χ0n) is 20.3. The molecule has 1 amide bonds. The summed E-state index contributed by atoms with van der Waals surface area (Å²) < 4.78 is 16.8. The van der Waals surface area contributed by atoms with Gasteiger partial charge in [-0.3, -0.25) is 4.79 Å². The maximum atomic E-state index is 13.9. The molecule has 4 heterocycles. The fourth-order valence-electron chi connectivity index (χ4n) is 4.42. The van der Waals surface area contributed by atoms with Gasteiger partial charge in [0.05, 0.1) is 24.8 Å². The third-order valence-electron chi connectivity index (χ3n) is 6.11. The predicted octanol–water partition coefficient (Wildman–Crippen LogP) is 4.28. The maximum Gasteiger partial charge on any atom is 0.255 e. The van der Waals surface area contributed by atoms with Gasteiger partial charge in [0.15, 0.2) is 5.82 Å². The molecule has 1 unspecified atom stereocenters. The number of carbonyl (C=O) groups is 1. The number of likely N-dealkylation sites (tertiary alicyclic amines) is 1. The van der Waals surface area contributed by atoms with Gasteiger partial charge in [0.2, 0.25) is 17.6 Å². The summed E-state index contributed by atoms with van der Waals surface area (Å²) in [5.74, 6) is 2.10. The first-order valence-corrected chi connectivity index (χ1v) is 11.8. The number of methoxy groups -OCH3 is 1. The summed E-state index contributed by atoms with van der Waals surface area (Å²) in [4.78, 5) is 33.3. The summed E-state index contributed by atoms with van der Waals surface area (Å²) >= 11 is 0. The van der Waals surface area contributed by atoms with Crippen LogP contribution in [0.5, 0.6) is 11.6 Å². The van der Waals surface area contributed by atoms with Crippen LogP contribution < -0.4 is 9.47 Å². The number of hydrogen-bond donors (Lipinski definition) is 0. The molecule has 4 aromatic rings. The van der Waals surface area contributed by atoms with Crippen molar-refractivity contribution in [3.63, 3.8) is 0 Å². The molecule has 10 heteroatoms. The number of benzene rings is 1. The normalized spacial score (nSPS) is 15.2. The highest BCUT2D eigenvalue weighted by atomic mass is 16.5. The molecular weight excluding hydrogens is 460 g/mol. The van der Waals surface area contributed by atoms with E-state index in [9.17, 15) is 4.79 Å². The molecule has 1 saturated heterocycles. The Kier molecular flexibility index (Phi) is 6.57. The van der Waals surface area contributed by atoms with Crippen LogP contribution in [0.3, 0.4) is 0 Å². The summed E-state index contributed by atoms with van der Waals surface area (Å²) in [6.45, 7) is 4.83. The van der Waals surface area contributed by atoms with Gasteiger partial charge in [-0.15, -0.1) is 0 Å². The van der Waals surface area contributed by atoms with Crippen LogP contribution in [-0.4, -0.2) is 56.2 Å². The Hall–Kier alpha value is -4.34. The van der Waals surface area contributed by atoms with Crippen LogP contribution in [0, 0.1) is 6.92 Å². The molecule has 0 N–H and O–H groups in total. The standard InChI is InChI=1S/C26H26N6O4/c1-4-35-24-17(8-5-10-29-24)23-30-25(36-31-23)20-9-6-13-32(20)26(33)19-15-21(34-3)16(2)14-18(19)22-27-11-7-12-28-22/h5,7-8,10-12,14-15,20H,4,6,9,13H2,1-3H3. The van der Waals surface area contributed by atoms with Crippen LogP contribution in [0.1, 0.15) is 47.6 Å². The van der Waals surface area contributed by atoms with Gasteiger partial charge in [0, 0.05) is 30.7 Å². The summed E-state index contributed by atoms with van der Waals surface area (Å²) in [5.41, 5.74) is 2.63. The lowest BCUT2D eigenvalue weighted by Gasteiger charge is -2.23. The van der Waals surface area contributed by atoms with Gasteiger partial charge in [-0.1, -0.05) is 5.16 Å². The molecular formula is C26H26N6O4. The van der Waals surface area contributed by atoms with Gasteiger partial charge < -0.3 is 18.9 Å². The van der Waals surface area contributed by atoms with Gasteiger partial charge >= 0.3 is 0 Å². The molecule has 1 atom stereocenters. The molecule has 1 aliphatic rings. The van der Waals surface area contributed by atoms with Crippen molar-refractivity contribution in [3.8, 4) is 34.4 Å². The zero-order valence-corrected chi connectivity index (χ0v) is 20.3. The fraction of sp³-hybridized carbons (Fsp3) is 0.308. The smallest absolute Gasteiger partial charge is 0.255 e. The Bertz CT molecular complexity index is 1370. The highest BCUT2D eigenvalue weighted by molar-refractivity contribution is 6.01. The van der Waals surface area contributed by atoms with Gasteiger partial charge in [-0.2, -0.15) is 4.98 Å². The number of pyridine rings is 1. The van der Waals surface area contributed by atoms with E-state index in [4.69, 9.17) is 14.0 Å². The van der Waals surface area contributed by atoms with Crippen LogP contribution in [0.25, 0.3) is 22.8 Å². The van der Waals surface area contributed by atoms with Crippen molar-refractivity contribution in [2.24, 2.45) is 0 Å². The van der Waals surface area contributed by atoms with Crippen molar-refractivity contribution in [2.45, 2.75) is 32.7 Å². The Balaban J connectivity index is 1.49. The van der Waals surface area contributed by atoms with E-state index >= 15 is 0 Å². The number of ether oxygens (including phenoxy) is 2. The molecule has 3 aromatic heterocycles. The first kappa shape index (κ1) is 23.4. The lowest BCUT2D eigenvalue weighted by Crippen LogP contribution is -2.31. The van der Waals surface area contributed by atoms with Gasteiger partial charge in [0.1, 0.15) is 11.8 Å². The van der Waals surface area contributed by atoms with Crippen molar-refractivity contribution in [3.05, 3.63) is 65.9 Å². The molecule has 1 aliphatic heterocycles. The summed E-state index contributed by atoms with van der Waals surface area (Å²) in [6, 6.07) is 8.63. The minimum atomic E-state index is -0.359. The monoisotopic (exact) mass is 486 g/mol. The Morgan fingerprint density at radius 1 is 1.11 bits per heavy atom. The van der Waals surface area contributed by atoms with E-state index in [0.29, 0.717) is 65.4 Å². The topological polar surface area (TPSA) is 116 Å². The lowest BCUT2D eigenvalue weighted by molar-refractivity contribution is 0.0710. The fourth-order valence-corrected chi connectivity index (χ4v) is 4.42. The number of aromatic nitrogens is 5. The van der Waals surface area contributed by atoms with Gasteiger partial charge in [0.25, 0.3) is 5.91 Å². The van der Waals surface area contributed by atoms with Crippen molar-refractivity contribution in [1.29, 1.82) is 0 Å². The molecule has 184 valence electrons. The minimum Gasteiger partial charge on any atom is -0.496 e. The summed E-state index contributed by atoms with van der Waals surface area (Å²) in [5, 5.41) is 4.16. The van der Waals surface area contributed by atoms with E-state index in [0.717, 1.165) is 12.0 Å². The Morgan fingerprint density at radius 2 is 1.92 bits per heavy atom. The number of amides is 1. The molecule has 1 aromatic carbocycles. The Labute approximate surface area is 208 Å². The van der Waals surface area contributed by atoms with Crippen LogP contribution >= 0.6 is 0 Å². The average Bonchev–Trinajstić information content (AvgIpc) is 3.59. The predicted molar refractivity (Wildman–Crippen MR) is 130 cm³/mol. The third-order valence-corrected chi connectivity index (χ3v) is 6.11. The maximum absolute atomic E-state index is 13.9. The molecule has 0 spiro atoms. The second-order valence-corrected chi connectivity index (χ2v) is 8.34. The van der Waals surface area contributed by atoms with Crippen molar-refractivity contribution < 1.29 is 18.8 Å². The summed E-state index contributed by atoms with van der Waals surface area (Å²) in [7, 11) is 1.59. The molecule has 36 heavy (non-hydrogen) atoms. The van der Waals surface area contributed by atoms with E-state index < -0.39 is 0 Å². The quantitative estimate of drug-likeness (QED) is 0.377. The molecule has 0 radical (unpaired) electrons. The van der Waals surface area contributed by atoms with Crippen LogP contribution in [0.15, 0.2) is 53.4 Å². The van der Waals surface area contributed by atoms with E-state index in [2.05, 4.69) is 25.1 Å². The Morgan fingerprint density at radius 3 is 2.69 bits per heavy atom. The van der Waals surface area contributed by atoms with E-state index in [1.54, 1.807) is 48.8 Å². The second kappa shape index (κ2) is 10.1. The lowest BCUT2D eigenvalue weighted by atomic mass is 10.0.